The highest BCUT2D eigenvalue weighted by atomic mass is 16.2. The van der Waals surface area contributed by atoms with E-state index in [0.29, 0.717) is 11.4 Å². The minimum Gasteiger partial charge on any atom is -0.348 e. The van der Waals surface area contributed by atoms with Gasteiger partial charge in [-0.3, -0.25) is 4.79 Å². The van der Waals surface area contributed by atoms with E-state index in [4.69, 9.17) is 0 Å². The first-order chi connectivity index (χ1) is 9.24. The first-order valence-corrected chi connectivity index (χ1v) is 6.49. The summed E-state index contributed by atoms with van der Waals surface area (Å²) in [6.45, 7) is 1.77. The lowest BCUT2D eigenvalue weighted by atomic mass is 9.88. The Labute approximate surface area is 111 Å². The number of hydrogen-bond acceptors (Lipinski definition) is 3. The predicted molar refractivity (Wildman–Crippen MR) is 70.8 cm³/mol. The molecule has 0 spiro atoms. The van der Waals surface area contributed by atoms with Gasteiger partial charge < -0.3 is 5.32 Å². The number of nitrogens with one attached hydrogen (secondary N) is 2. The Balaban J connectivity index is 1.70. The van der Waals surface area contributed by atoms with Crippen LogP contribution in [0.15, 0.2) is 24.3 Å². The minimum absolute atomic E-state index is 0.143. The Morgan fingerprint density at radius 3 is 2.84 bits per heavy atom. The van der Waals surface area contributed by atoms with Gasteiger partial charge in [-0.1, -0.05) is 24.3 Å². The third-order valence-electron chi connectivity index (χ3n) is 3.62. The van der Waals surface area contributed by atoms with Crippen LogP contribution in [0.3, 0.4) is 0 Å². The summed E-state index contributed by atoms with van der Waals surface area (Å²) in [4.78, 5) is 12.1. The Morgan fingerprint density at radius 2 is 2.11 bits per heavy atom. The van der Waals surface area contributed by atoms with E-state index in [1.807, 2.05) is 6.07 Å². The molecule has 0 saturated carbocycles. The van der Waals surface area contributed by atoms with E-state index in [1.54, 1.807) is 6.92 Å². The van der Waals surface area contributed by atoms with Gasteiger partial charge in [-0.2, -0.15) is 15.4 Å². The smallest absolute Gasteiger partial charge is 0.273 e. The van der Waals surface area contributed by atoms with Crippen molar-refractivity contribution in [2.75, 3.05) is 0 Å². The van der Waals surface area contributed by atoms with Gasteiger partial charge in [-0.15, -0.1) is 0 Å². The lowest BCUT2D eigenvalue weighted by Gasteiger charge is -2.25. The van der Waals surface area contributed by atoms with Crippen molar-refractivity contribution in [1.29, 1.82) is 0 Å². The molecule has 1 aliphatic carbocycles. The fourth-order valence-electron chi connectivity index (χ4n) is 2.57. The van der Waals surface area contributed by atoms with Crippen LogP contribution >= 0.6 is 0 Å². The Bertz CT molecular complexity index is 605. The average molecular weight is 256 g/mol. The van der Waals surface area contributed by atoms with E-state index >= 15 is 0 Å². The summed E-state index contributed by atoms with van der Waals surface area (Å²) in [6.07, 6.45) is 2.87. The zero-order valence-corrected chi connectivity index (χ0v) is 10.8. The number of carbonyl (C=O) groups excluding carboxylic acids is 1. The number of fused-ring (bicyclic) bond motifs is 1. The average Bonchev–Trinajstić information content (AvgIpc) is 2.85. The van der Waals surface area contributed by atoms with Gasteiger partial charge in [0.2, 0.25) is 0 Å². The highest BCUT2D eigenvalue weighted by Crippen LogP contribution is 2.21. The van der Waals surface area contributed by atoms with Gasteiger partial charge in [0.1, 0.15) is 0 Å². The van der Waals surface area contributed by atoms with E-state index in [2.05, 4.69) is 38.9 Å². The lowest BCUT2D eigenvalue weighted by Crippen LogP contribution is -2.39. The van der Waals surface area contributed by atoms with Crippen LogP contribution < -0.4 is 5.32 Å². The number of aromatic amines is 1. The van der Waals surface area contributed by atoms with Crippen LogP contribution in [0.25, 0.3) is 0 Å². The molecule has 3 rings (SSSR count). The molecule has 0 saturated heterocycles. The van der Waals surface area contributed by atoms with Crippen LogP contribution in [0.5, 0.6) is 0 Å². The molecule has 19 heavy (non-hydrogen) atoms. The molecule has 0 unspecified atom stereocenters. The quantitative estimate of drug-likeness (QED) is 0.853. The van der Waals surface area contributed by atoms with Crippen LogP contribution in [-0.2, 0) is 12.8 Å². The molecule has 2 aromatic rings. The number of aromatic nitrogens is 3. The molecule has 5 nitrogen and oxygen atoms in total. The Hall–Kier alpha value is -2.17. The summed E-state index contributed by atoms with van der Waals surface area (Å²) >= 11 is 0. The number of hydrogen-bond donors (Lipinski definition) is 2. The van der Waals surface area contributed by atoms with Crippen molar-refractivity contribution >= 4 is 5.91 Å². The number of aryl methyl sites for hydroxylation is 2. The Morgan fingerprint density at radius 1 is 1.32 bits per heavy atom. The zero-order valence-electron chi connectivity index (χ0n) is 10.8. The number of benzene rings is 1. The number of amides is 1. The number of rotatable bonds is 2. The molecule has 0 aliphatic heterocycles. The van der Waals surface area contributed by atoms with Crippen molar-refractivity contribution in [3.63, 3.8) is 0 Å². The lowest BCUT2D eigenvalue weighted by molar-refractivity contribution is 0.0928. The second kappa shape index (κ2) is 4.84. The molecule has 1 aliphatic rings. The minimum atomic E-state index is -0.143. The van der Waals surface area contributed by atoms with Gasteiger partial charge in [0.25, 0.3) is 5.91 Å². The van der Waals surface area contributed by atoms with E-state index < -0.39 is 0 Å². The van der Waals surface area contributed by atoms with Crippen LogP contribution in [0.1, 0.15) is 33.7 Å². The number of H-pyrrole nitrogens is 1. The molecule has 2 N–H and O–H groups in total. The maximum Gasteiger partial charge on any atom is 0.273 e. The van der Waals surface area contributed by atoms with Crippen LogP contribution in [0.2, 0.25) is 0 Å². The van der Waals surface area contributed by atoms with Crippen molar-refractivity contribution in [1.82, 2.24) is 20.7 Å². The molecular weight excluding hydrogens is 240 g/mol. The molecular formula is C14H16N4O. The van der Waals surface area contributed by atoms with Crippen LogP contribution in [0, 0.1) is 6.92 Å². The largest absolute Gasteiger partial charge is 0.348 e. The van der Waals surface area contributed by atoms with Crippen molar-refractivity contribution in [3.05, 3.63) is 46.8 Å². The monoisotopic (exact) mass is 256 g/mol. The first kappa shape index (κ1) is 11.9. The SMILES string of the molecule is Cc1n[nH]nc1C(=O)N[C@H]1CCc2ccccc2C1. The molecule has 1 aromatic carbocycles. The number of nitrogens with zero attached hydrogens (tertiary/aromatic N) is 2. The molecule has 98 valence electrons. The van der Waals surface area contributed by atoms with E-state index in [1.165, 1.54) is 11.1 Å². The van der Waals surface area contributed by atoms with Gasteiger partial charge in [0.15, 0.2) is 5.69 Å². The van der Waals surface area contributed by atoms with Gasteiger partial charge >= 0.3 is 0 Å². The summed E-state index contributed by atoms with van der Waals surface area (Å²) in [5.74, 6) is -0.143. The van der Waals surface area contributed by atoms with Gasteiger partial charge in [0.05, 0.1) is 5.69 Å². The van der Waals surface area contributed by atoms with Crippen molar-refractivity contribution in [3.8, 4) is 0 Å². The normalized spacial score (nSPS) is 17.8. The zero-order chi connectivity index (χ0) is 13.2. The van der Waals surface area contributed by atoms with Crippen LogP contribution in [0.4, 0.5) is 0 Å². The van der Waals surface area contributed by atoms with Gasteiger partial charge in [-0.05, 0) is 37.3 Å². The highest BCUT2D eigenvalue weighted by Gasteiger charge is 2.22. The van der Waals surface area contributed by atoms with Crippen molar-refractivity contribution in [2.24, 2.45) is 0 Å². The van der Waals surface area contributed by atoms with Crippen LogP contribution in [-0.4, -0.2) is 27.4 Å². The summed E-state index contributed by atoms with van der Waals surface area (Å²) in [7, 11) is 0. The molecule has 1 aromatic heterocycles. The number of carbonyl (C=O) groups is 1. The van der Waals surface area contributed by atoms with E-state index in [0.717, 1.165) is 19.3 Å². The second-order valence-corrected chi connectivity index (χ2v) is 4.94. The summed E-state index contributed by atoms with van der Waals surface area (Å²) in [5.41, 5.74) is 3.74. The van der Waals surface area contributed by atoms with Gasteiger partial charge in [-0.25, -0.2) is 0 Å². The van der Waals surface area contributed by atoms with Crippen molar-refractivity contribution in [2.45, 2.75) is 32.2 Å². The fraction of sp³-hybridized carbons (Fsp3) is 0.357. The third kappa shape index (κ3) is 2.36. The maximum absolute atomic E-state index is 12.1. The van der Waals surface area contributed by atoms with Crippen molar-refractivity contribution < 1.29 is 4.79 Å². The Kier molecular flexibility index (Phi) is 3.03. The predicted octanol–water partition coefficient (Wildman–Crippen LogP) is 1.40. The van der Waals surface area contributed by atoms with Gasteiger partial charge in [0, 0.05) is 6.04 Å². The highest BCUT2D eigenvalue weighted by molar-refractivity contribution is 5.93. The maximum atomic E-state index is 12.1. The summed E-state index contributed by atoms with van der Waals surface area (Å²) in [6, 6.07) is 8.59. The fourth-order valence-corrected chi connectivity index (χ4v) is 2.57. The second-order valence-electron chi connectivity index (χ2n) is 4.94. The summed E-state index contributed by atoms with van der Waals surface area (Å²) < 4.78 is 0. The molecule has 1 amide bonds. The molecule has 1 heterocycles. The molecule has 0 fully saturated rings. The first-order valence-electron chi connectivity index (χ1n) is 6.49. The molecule has 0 bridgehead atoms. The molecule has 5 heteroatoms. The van der Waals surface area contributed by atoms with E-state index in [-0.39, 0.29) is 11.9 Å². The topological polar surface area (TPSA) is 70.7 Å². The molecule has 0 radical (unpaired) electrons. The standard InChI is InChI=1S/C14H16N4O/c1-9-13(17-18-16-9)14(19)15-12-7-6-10-4-2-3-5-11(10)8-12/h2-5,12H,6-8H2,1H3,(H,15,19)(H,16,17,18)/t12-/m0/s1. The van der Waals surface area contributed by atoms with E-state index in [9.17, 15) is 4.79 Å². The summed E-state index contributed by atoms with van der Waals surface area (Å²) in [5, 5.41) is 13.3. The third-order valence-corrected chi connectivity index (χ3v) is 3.62. The molecule has 1 atom stereocenters.